The Hall–Kier alpha value is -3.33. The molecule has 3 N–H and O–H groups in total. The van der Waals surface area contributed by atoms with Crippen molar-refractivity contribution in [1.82, 2.24) is 25.4 Å². The van der Waals surface area contributed by atoms with Crippen LogP contribution >= 0.6 is 0 Å². The van der Waals surface area contributed by atoms with E-state index in [1.807, 2.05) is 37.9 Å². The molecule has 36 heavy (non-hydrogen) atoms. The van der Waals surface area contributed by atoms with Crippen molar-refractivity contribution in [3.05, 3.63) is 76.3 Å². The van der Waals surface area contributed by atoms with Crippen molar-refractivity contribution in [2.45, 2.75) is 45.2 Å². The number of amides is 2. The third-order valence-electron chi connectivity index (χ3n) is 7.05. The summed E-state index contributed by atoms with van der Waals surface area (Å²) in [5.41, 5.74) is 3.25. The third kappa shape index (κ3) is 5.73. The summed E-state index contributed by atoms with van der Waals surface area (Å²) in [6.45, 7) is 6.10. The van der Waals surface area contributed by atoms with Crippen LogP contribution in [0.5, 0.6) is 0 Å². The lowest BCUT2D eigenvalue weighted by molar-refractivity contribution is 0.119. The summed E-state index contributed by atoms with van der Waals surface area (Å²) < 4.78 is 28.4. The predicted octanol–water partition coefficient (Wildman–Crippen LogP) is 3.98. The van der Waals surface area contributed by atoms with Crippen LogP contribution in [0.3, 0.4) is 0 Å². The van der Waals surface area contributed by atoms with E-state index >= 15 is 0 Å². The number of rotatable bonds is 6. The van der Waals surface area contributed by atoms with Crippen molar-refractivity contribution in [3.8, 4) is 0 Å². The Kier molecular flexibility index (Phi) is 7.68. The lowest BCUT2D eigenvalue weighted by Gasteiger charge is -2.42. The molecule has 1 atom stereocenters. The Morgan fingerprint density at radius 3 is 2.67 bits per heavy atom. The van der Waals surface area contributed by atoms with Crippen LogP contribution in [0.15, 0.2) is 47.8 Å². The van der Waals surface area contributed by atoms with Gasteiger partial charge in [-0.2, -0.15) is 0 Å². The Bertz CT molecular complexity index is 1160. The van der Waals surface area contributed by atoms with Gasteiger partial charge >= 0.3 is 6.03 Å². The summed E-state index contributed by atoms with van der Waals surface area (Å²) in [7, 11) is 1.84. The van der Waals surface area contributed by atoms with E-state index in [4.69, 9.17) is 5.41 Å². The SMILES string of the molecule is CNC1=C(C(=N)c2ccnc(C)c2)CN(C(=O)NC2(C)CCCN(Cc3c(F)cccc3F)C2)CC1. The van der Waals surface area contributed by atoms with Gasteiger partial charge < -0.3 is 15.5 Å². The van der Waals surface area contributed by atoms with Crippen molar-refractivity contribution in [3.63, 3.8) is 0 Å². The summed E-state index contributed by atoms with van der Waals surface area (Å²) in [5.74, 6) is -1.10. The molecule has 1 aromatic carbocycles. The Balaban J connectivity index is 1.44. The molecule has 0 aliphatic carbocycles. The standard InChI is InChI=1S/C27H34F2N6O/c1-18-14-19(8-11-32-18)25(30)21-16-35(13-9-24(21)31-3)26(36)33-27(2)10-5-12-34(17-27)15-20-22(28)6-4-7-23(20)29/h4,6-8,11,14,30-31H,5,9-10,12-13,15-17H2,1-3H3,(H,33,36). The normalized spacial score (nSPS) is 20.9. The average molecular weight is 497 g/mol. The highest BCUT2D eigenvalue weighted by atomic mass is 19.1. The predicted molar refractivity (Wildman–Crippen MR) is 136 cm³/mol. The Morgan fingerprint density at radius 2 is 1.97 bits per heavy atom. The molecule has 4 rings (SSSR count). The maximum atomic E-state index is 14.2. The number of aryl methyl sites for hydroxylation is 1. The maximum absolute atomic E-state index is 14.2. The number of aromatic nitrogens is 1. The first-order valence-corrected chi connectivity index (χ1v) is 12.3. The number of hydrogen-bond donors (Lipinski definition) is 3. The van der Waals surface area contributed by atoms with Gasteiger partial charge in [0.2, 0.25) is 0 Å². The Labute approximate surface area is 211 Å². The van der Waals surface area contributed by atoms with Crippen LogP contribution in [0.25, 0.3) is 0 Å². The molecule has 2 aromatic rings. The number of carbonyl (C=O) groups excluding carboxylic acids is 1. The highest BCUT2D eigenvalue weighted by Crippen LogP contribution is 2.26. The zero-order chi connectivity index (χ0) is 25.9. The van der Waals surface area contributed by atoms with Gasteiger partial charge in [-0.25, -0.2) is 13.6 Å². The first kappa shape index (κ1) is 25.8. The molecule has 0 saturated carbocycles. The molecule has 0 bridgehead atoms. The number of piperidine rings is 1. The molecule has 9 heteroatoms. The number of likely N-dealkylation sites (tertiary alicyclic amines) is 1. The number of hydrogen-bond acceptors (Lipinski definition) is 5. The van der Waals surface area contributed by atoms with Crippen LogP contribution in [0, 0.1) is 24.0 Å². The number of nitrogens with zero attached hydrogens (tertiary/aromatic N) is 3. The second-order valence-corrected chi connectivity index (χ2v) is 9.94. The molecule has 3 heterocycles. The zero-order valence-corrected chi connectivity index (χ0v) is 21.1. The third-order valence-corrected chi connectivity index (χ3v) is 7.05. The van der Waals surface area contributed by atoms with Crippen LogP contribution in [0.4, 0.5) is 13.6 Å². The fourth-order valence-corrected chi connectivity index (χ4v) is 5.14. The molecule has 0 spiro atoms. The molecule has 0 radical (unpaired) electrons. The number of urea groups is 1. The van der Waals surface area contributed by atoms with E-state index in [0.29, 0.717) is 38.3 Å². The maximum Gasteiger partial charge on any atom is 0.318 e. The highest BCUT2D eigenvalue weighted by Gasteiger charge is 2.35. The van der Waals surface area contributed by atoms with Gasteiger partial charge in [0.15, 0.2) is 0 Å². The van der Waals surface area contributed by atoms with Crippen molar-refractivity contribution in [2.24, 2.45) is 0 Å². The molecular weight excluding hydrogens is 462 g/mol. The lowest BCUT2D eigenvalue weighted by atomic mass is 9.90. The van der Waals surface area contributed by atoms with Gasteiger partial charge in [0.05, 0.1) is 17.8 Å². The van der Waals surface area contributed by atoms with Crippen molar-refractivity contribution < 1.29 is 13.6 Å². The minimum Gasteiger partial charge on any atom is -0.391 e. The van der Waals surface area contributed by atoms with Gasteiger partial charge in [0.1, 0.15) is 11.6 Å². The van der Waals surface area contributed by atoms with Gasteiger partial charge in [0.25, 0.3) is 0 Å². The summed E-state index contributed by atoms with van der Waals surface area (Å²) in [6, 6.07) is 7.40. The summed E-state index contributed by atoms with van der Waals surface area (Å²) in [4.78, 5) is 21.3. The number of halogens is 2. The second kappa shape index (κ2) is 10.7. The number of carbonyl (C=O) groups is 1. The average Bonchev–Trinajstić information content (AvgIpc) is 2.85. The fraction of sp³-hybridized carbons (Fsp3) is 0.444. The molecular formula is C27H34F2N6O. The van der Waals surface area contributed by atoms with Crippen molar-refractivity contribution in [1.29, 1.82) is 5.41 Å². The summed E-state index contributed by atoms with van der Waals surface area (Å²) >= 11 is 0. The van der Waals surface area contributed by atoms with Crippen LogP contribution in [0.1, 0.15) is 43.0 Å². The molecule has 2 aliphatic rings. The second-order valence-electron chi connectivity index (χ2n) is 9.94. The molecule has 1 unspecified atom stereocenters. The number of pyridine rings is 1. The number of benzene rings is 1. The largest absolute Gasteiger partial charge is 0.391 e. The van der Waals surface area contributed by atoms with Crippen LogP contribution in [-0.2, 0) is 6.54 Å². The molecule has 1 fully saturated rings. The van der Waals surface area contributed by atoms with E-state index < -0.39 is 17.2 Å². The van der Waals surface area contributed by atoms with Gasteiger partial charge in [-0.3, -0.25) is 15.3 Å². The minimum atomic E-state index is -0.550. The van der Waals surface area contributed by atoms with E-state index in [1.165, 1.54) is 18.2 Å². The monoisotopic (exact) mass is 496 g/mol. The smallest absolute Gasteiger partial charge is 0.318 e. The first-order valence-electron chi connectivity index (χ1n) is 12.3. The van der Waals surface area contributed by atoms with Gasteiger partial charge in [-0.05, 0) is 57.5 Å². The molecule has 2 aliphatic heterocycles. The Morgan fingerprint density at radius 1 is 1.22 bits per heavy atom. The first-order chi connectivity index (χ1) is 17.2. The lowest BCUT2D eigenvalue weighted by Crippen LogP contribution is -2.60. The van der Waals surface area contributed by atoms with Crippen LogP contribution in [-0.4, -0.2) is 65.3 Å². The van der Waals surface area contributed by atoms with Crippen LogP contribution < -0.4 is 10.6 Å². The van der Waals surface area contributed by atoms with Gasteiger partial charge in [-0.1, -0.05) is 6.07 Å². The fourth-order valence-electron chi connectivity index (χ4n) is 5.14. The molecule has 1 aromatic heterocycles. The minimum absolute atomic E-state index is 0.0587. The van der Waals surface area contributed by atoms with E-state index in [2.05, 4.69) is 15.6 Å². The molecule has 2 amide bonds. The van der Waals surface area contributed by atoms with E-state index in [-0.39, 0.29) is 18.1 Å². The van der Waals surface area contributed by atoms with Crippen LogP contribution in [0.2, 0.25) is 0 Å². The molecule has 1 saturated heterocycles. The quantitative estimate of drug-likeness (QED) is 0.529. The highest BCUT2D eigenvalue weighted by molar-refractivity contribution is 6.11. The van der Waals surface area contributed by atoms with E-state index in [0.717, 1.165) is 35.4 Å². The molecule has 7 nitrogen and oxygen atoms in total. The van der Waals surface area contributed by atoms with E-state index in [9.17, 15) is 13.6 Å². The summed E-state index contributed by atoms with van der Waals surface area (Å²) in [5, 5.41) is 15.2. The van der Waals surface area contributed by atoms with Gasteiger partial charge in [-0.15, -0.1) is 0 Å². The van der Waals surface area contributed by atoms with Crippen molar-refractivity contribution >= 4 is 11.7 Å². The summed E-state index contributed by atoms with van der Waals surface area (Å²) in [6.07, 6.45) is 3.91. The number of nitrogens with one attached hydrogen (secondary N) is 3. The zero-order valence-electron chi connectivity index (χ0n) is 21.1. The topological polar surface area (TPSA) is 84.4 Å². The molecule has 192 valence electrons. The van der Waals surface area contributed by atoms with E-state index in [1.54, 1.807) is 11.1 Å². The van der Waals surface area contributed by atoms with Gasteiger partial charge in [0, 0.05) is 67.4 Å². The van der Waals surface area contributed by atoms with Crippen molar-refractivity contribution in [2.75, 3.05) is 33.2 Å².